The average molecular weight is 235 g/mol. The predicted molar refractivity (Wildman–Crippen MR) is 63.8 cm³/mol. The lowest BCUT2D eigenvalue weighted by Gasteiger charge is -2.15. The molecule has 1 saturated heterocycles. The molecule has 4 heteroatoms. The van der Waals surface area contributed by atoms with Crippen LogP contribution in [0.3, 0.4) is 0 Å². The standard InChI is InChI=1S/C13H17NO3/c15-9-12-8-14(13(16)17)7-11(12)6-10-4-2-1-3-5-10/h1-5,11-12,15H,6-9H2,(H,16,17)/t11-,12+/m0/s1. The zero-order valence-corrected chi connectivity index (χ0v) is 9.62. The van der Waals surface area contributed by atoms with E-state index in [4.69, 9.17) is 5.11 Å². The first-order valence-corrected chi connectivity index (χ1v) is 5.83. The molecule has 1 aliphatic heterocycles. The maximum Gasteiger partial charge on any atom is 0.407 e. The number of carboxylic acid groups (broad SMARTS) is 1. The quantitative estimate of drug-likeness (QED) is 0.833. The second kappa shape index (κ2) is 5.19. The summed E-state index contributed by atoms with van der Waals surface area (Å²) in [5, 5.41) is 18.2. The second-order valence-electron chi connectivity index (χ2n) is 4.58. The Bertz CT molecular complexity index is 380. The molecule has 2 N–H and O–H groups in total. The molecule has 1 fully saturated rings. The van der Waals surface area contributed by atoms with E-state index in [1.807, 2.05) is 30.3 Å². The highest BCUT2D eigenvalue weighted by Crippen LogP contribution is 2.26. The summed E-state index contributed by atoms with van der Waals surface area (Å²) in [6.07, 6.45) is -0.0606. The van der Waals surface area contributed by atoms with Crippen molar-refractivity contribution in [3.8, 4) is 0 Å². The van der Waals surface area contributed by atoms with Gasteiger partial charge in [-0.25, -0.2) is 4.79 Å². The number of likely N-dealkylation sites (tertiary alicyclic amines) is 1. The molecule has 2 atom stereocenters. The van der Waals surface area contributed by atoms with Gasteiger partial charge in [0.15, 0.2) is 0 Å². The second-order valence-corrected chi connectivity index (χ2v) is 4.58. The van der Waals surface area contributed by atoms with Gasteiger partial charge in [0.05, 0.1) is 0 Å². The van der Waals surface area contributed by atoms with Crippen LogP contribution < -0.4 is 0 Å². The molecule has 1 amide bonds. The van der Waals surface area contributed by atoms with Crippen LogP contribution in [0.25, 0.3) is 0 Å². The predicted octanol–water partition coefficient (Wildman–Crippen LogP) is 1.45. The molecule has 4 nitrogen and oxygen atoms in total. The molecule has 0 unspecified atom stereocenters. The van der Waals surface area contributed by atoms with Crippen LogP contribution in [-0.4, -0.2) is 40.9 Å². The van der Waals surface area contributed by atoms with E-state index in [0.717, 1.165) is 6.42 Å². The minimum absolute atomic E-state index is 0.0568. The van der Waals surface area contributed by atoms with E-state index in [1.54, 1.807) is 0 Å². The van der Waals surface area contributed by atoms with Gasteiger partial charge in [0, 0.05) is 25.6 Å². The first-order valence-electron chi connectivity index (χ1n) is 5.83. The highest BCUT2D eigenvalue weighted by Gasteiger charge is 2.34. The third-order valence-electron chi connectivity index (χ3n) is 3.42. The Morgan fingerprint density at radius 3 is 2.47 bits per heavy atom. The summed E-state index contributed by atoms with van der Waals surface area (Å²) in [5.74, 6) is 0.282. The van der Waals surface area contributed by atoms with Crippen LogP contribution in [0.1, 0.15) is 5.56 Å². The van der Waals surface area contributed by atoms with Gasteiger partial charge in [-0.1, -0.05) is 30.3 Å². The van der Waals surface area contributed by atoms with Crippen molar-refractivity contribution in [2.75, 3.05) is 19.7 Å². The van der Waals surface area contributed by atoms with E-state index in [2.05, 4.69) is 0 Å². The lowest BCUT2D eigenvalue weighted by molar-refractivity contribution is 0.150. The van der Waals surface area contributed by atoms with Crippen molar-refractivity contribution in [1.29, 1.82) is 0 Å². The average Bonchev–Trinajstić information content (AvgIpc) is 2.74. The Morgan fingerprint density at radius 1 is 1.24 bits per heavy atom. The van der Waals surface area contributed by atoms with Gasteiger partial charge in [-0.05, 0) is 17.9 Å². The Morgan fingerprint density at radius 2 is 1.88 bits per heavy atom. The van der Waals surface area contributed by atoms with E-state index in [9.17, 15) is 9.90 Å². The molecule has 1 heterocycles. The van der Waals surface area contributed by atoms with Crippen molar-refractivity contribution < 1.29 is 15.0 Å². The highest BCUT2D eigenvalue weighted by atomic mass is 16.4. The molecule has 17 heavy (non-hydrogen) atoms. The fourth-order valence-corrected chi connectivity index (χ4v) is 2.45. The van der Waals surface area contributed by atoms with Gasteiger partial charge in [-0.2, -0.15) is 0 Å². The fraction of sp³-hybridized carbons (Fsp3) is 0.462. The number of aliphatic hydroxyl groups is 1. The van der Waals surface area contributed by atoms with Crippen molar-refractivity contribution in [1.82, 2.24) is 4.90 Å². The molecule has 0 aliphatic carbocycles. The van der Waals surface area contributed by atoms with Crippen LogP contribution in [0.2, 0.25) is 0 Å². The van der Waals surface area contributed by atoms with E-state index in [0.29, 0.717) is 13.1 Å². The number of aliphatic hydroxyl groups excluding tert-OH is 1. The molecule has 1 aromatic carbocycles. The number of hydrogen-bond donors (Lipinski definition) is 2. The van der Waals surface area contributed by atoms with E-state index in [-0.39, 0.29) is 18.4 Å². The van der Waals surface area contributed by atoms with Crippen molar-refractivity contribution in [2.45, 2.75) is 6.42 Å². The Labute approximate surface area is 100 Å². The van der Waals surface area contributed by atoms with E-state index in [1.165, 1.54) is 10.5 Å². The van der Waals surface area contributed by atoms with Gasteiger partial charge in [0.25, 0.3) is 0 Å². The SMILES string of the molecule is O=C(O)N1C[C@H](CO)[C@@H](Cc2ccccc2)C1. The van der Waals surface area contributed by atoms with Crippen LogP contribution in [0.5, 0.6) is 0 Å². The van der Waals surface area contributed by atoms with Crippen molar-refractivity contribution in [3.63, 3.8) is 0 Å². The first kappa shape index (κ1) is 11.9. The van der Waals surface area contributed by atoms with Gasteiger partial charge in [-0.3, -0.25) is 0 Å². The molecule has 0 saturated carbocycles. The summed E-state index contributed by atoms with van der Waals surface area (Å²) in [7, 11) is 0. The minimum Gasteiger partial charge on any atom is -0.465 e. The van der Waals surface area contributed by atoms with Gasteiger partial charge in [0.2, 0.25) is 0 Å². The summed E-state index contributed by atoms with van der Waals surface area (Å²) < 4.78 is 0. The van der Waals surface area contributed by atoms with E-state index < -0.39 is 6.09 Å². The van der Waals surface area contributed by atoms with Gasteiger partial charge in [0.1, 0.15) is 0 Å². The molecule has 1 aliphatic rings. The number of hydrogen-bond acceptors (Lipinski definition) is 2. The monoisotopic (exact) mass is 235 g/mol. The lowest BCUT2D eigenvalue weighted by atomic mass is 9.90. The fourth-order valence-electron chi connectivity index (χ4n) is 2.45. The van der Waals surface area contributed by atoms with Gasteiger partial charge >= 0.3 is 6.09 Å². The molecular formula is C13H17NO3. The molecule has 0 aromatic heterocycles. The number of benzene rings is 1. The third-order valence-corrected chi connectivity index (χ3v) is 3.42. The molecule has 0 spiro atoms. The number of nitrogens with zero attached hydrogens (tertiary/aromatic N) is 1. The normalized spacial score (nSPS) is 23.9. The lowest BCUT2D eigenvalue weighted by Crippen LogP contribution is -2.27. The van der Waals surface area contributed by atoms with Crippen molar-refractivity contribution in [2.24, 2.45) is 11.8 Å². The molecular weight excluding hydrogens is 218 g/mol. The summed E-state index contributed by atoms with van der Waals surface area (Å²) in [4.78, 5) is 12.3. The maximum atomic E-state index is 10.9. The summed E-state index contributed by atoms with van der Waals surface area (Å²) in [6.45, 7) is 1.03. The van der Waals surface area contributed by atoms with Crippen LogP contribution in [-0.2, 0) is 6.42 Å². The molecule has 1 aromatic rings. The molecule has 0 bridgehead atoms. The maximum absolute atomic E-state index is 10.9. The van der Waals surface area contributed by atoms with Crippen LogP contribution in [0.4, 0.5) is 4.79 Å². The smallest absolute Gasteiger partial charge is 0.407 e. The van der Waals surface area contributed by atoms with Gasteiger partial charge < -0.3 is 15.1 Å². The Kier molecular flexibility index (Phi) is 3.64. The minimum atomic E-state index is -0.890. The zero-order valence-electron chi connectivity index (χ0n) is 9.62. The van der Waals surface area contributed by atoms with E-state index >= 15 is 0 Å². The summed E-state index contributed by atoms with van der Waals surface area (Å²) in [6, 6.07) is 10.0. The van der Waals surface area contributed by atoms with Crippen LogP contribution >= 0.6 is 0 Å². The van der Waals surface area contributed by atoms with Gasteiger partial charge in [-0.15, -0.1) is 0 Å². The Balaban J connectivity index is 2.02. The highest BCUT2D eigenvalue weighted by molar-refractivity contribution is 5.65. The molecule has 2 rings (SSSR count). The first-order chi connectivity index (χ1) is 8.20. The number of carbonyl (C=O) groups is 1. The zero-order chi connectivity index (χ0) is 12.3. The number of rotatable bonds is 3. The van der Waals surface area contributed by atoms with Crippen LogP contribution in [0.15, 0.2) is 30.3 Å². The summed E-state index contributed by atoms with van der Waals surface area (Å²) in [5.41, 5.74) is 1.20. The van der Waals surface area contributed by atoms with Crippen molar-refractivity contribution in [3.05, 3.63) is 35.9 Å². The van der Waals surface area contributed by atoms with Crippen LogP contribution in [0, 0.1) is 11.8 Å². The summed E-state index contributed by atoms with van der Waals surface area (Å²) >= 11 is 0. The number of amides is 1. The Hall–Kier alpha value is -1.55. The third kappa shape index (κ3) is 2.77. The molecule has 0 radical (unpaired) electrons. The largest absolute Gasteiger partial charge is 0.465 e. The topological polar surface area (TPSA) is 60.8 Å². The molecule has 92 valence electrons. The van der Waals surface area contributed by atoms with Crippen molar-refractivity contribution >= 4 is 6.09 Å².